The third kappa shape index (κ3) is 2.33. The summed E-state index contributed by atoms with van der Waals surface area (Å²) >= 11 is 0. The summed E-state index contributed by atoms with van der Waals surface area (Å²) in [4.78, 5) is 11.6. The Kier molecular flexibility index (Phi) is 4.29. The number of hydrogen-bond donors (Lipinski definition) is 3. The number of rotatable bonds is 2. The van der Waals surface area contributed by atoms with E-state index in [-0.39, 0.29) is 41.3 Å². The minimum absolute atomic E-state index is 0.136. The van der Waals surface area contributed by atoms with E-state index in [0.717, 1.165) is 63.4 Å². The molecule has 1 aliphatic heterocycles. The monoisotopic (exact) mass is 390 g/mol. The van der Waals surface area contributed by atoms with Gasteiger partial charge >= 0.3 is 5.97 Å². The Hall–Kier alpha value is -0.910. The molecule has 5 nitrogen and oxygen atoms in total. The summed E-state index contributed by atoms with van der Waals surface area (Å²) in [6, 6.07) is 0. The highest BCUT2D eigenvalue weighted by atomic mass is 16.5. The maximum atomic E-state index is 12.1. The zero-order valence-corrected chi connectivity index (χ0v) is 16.9. The molecule has 4 fully saturated rings. The van der Waals surface area contributed by atoms with Crippen LogP contribution in [-0.4, -0.2) is 46.2 Å². The van der Waals surface area contributed by atoms with Crippen LogP contribution in [-0.2, 0) is 9.53 Å². The first-order valence-corrected chi connectivity index (χ1v) is 11.2. The molecule has 0 bridgehead atoms. The molecule has 1 heterocycles. The number of ether oxygens (including phenoxy) is 1. The highest BCUT2D eigenvalue weighted by molar-refractivity contribution is 5.85. The fourth-order valence-electron chi connectivity index (χ4n) is 8.49. The lowest BCUT2D eigenvalue weighted by Crippen LogP contribution is -2.63. The van der Waals surface area contributed by atoms with Crippen molar-refractivity contribution in [1.82, 2.24) is 0 Å². The molecule has 4 aliphatic carbocycles. The predicted octanol–water partition coefficient (Wildman–Crippen LogP) is 2.58. The second kappa shape index (κ2) is 6.29. The minimum Gasteiger partial charge on any atom is -0.458 e. The zero-order chi connectivity index (χ0) is 19.7. The van der Waals surface area contributed by atoms with Crippen LogP contribution in [0.2, 0.25) is 0 Å². The van der Waals surface area contributed by atoms with Crippen LogP contribution in [0.25, 0.3) is 0 Å². The molecule has 4 saturated carbocycles. The standard InChI is InChI=1S/C23H34O5/c1-21-7-5-18-19(3-2-15-11-16(25)4-8-22(15,18)13-24)23(21,27)9-6-17(21)14-10-20(26)28-12-14/h10,15-19,24-25,27H,2-9,11-13H2,1H3/t15-,16-,17-,18-,19+,21-,22-,23+/m1/s1. The number of esters is 1. The molecular formula is C23H34O5. The molecule has 5 aliphatic rings. The first-order valence-electron chi connectivity index (χ1n) is 11.2. The van der Waals surface area contributed by atoms with Gasteiger partial charge in [-0.05, 0) is 92.4 Å². The van der Waals surface area contributed by atoms with E-state index >= 15 is 0 Å². The van der Waals surface area contributed by atoms with E-state index in [1.807, 2.05) is 0 Å². The van der Waals surface area contributed by atoms with Crippen LogP contribution >= 0.6 is 0 Å². The second-order valence-corrected chi connectivity index (χ2v) is 10.6. The highest BCUT2D eigenvalue weighted by Crippen LogP contribution is 2.69. The number of fused-ring (bicyclic) bond motifs is 5. The predicted molar refractivity (Wildman–Crippen MR) is 103 cm³/mol. The van der Waals surface area contributed by atoms with Gasteiger partial charge in [0.1, 0.15) is 6.61 Å². The minimum atomic E-state index is -0.740. The third-order valence-corrected chi connectivity index (χ3v) is 9.95. The number of cyclic esters (lactones) is 1. The lowest BCUT2D eigenvalue weighted by Gasteiger charge is -2.64. The van der Waals surface area contributed by atoms with Crippen LogP contribution in [0.15, 0.2) is 11.6 Å². The second-order valence-electron chi connectivity index (χ2n) is 10.6. The summed E-state index contributed by atoms with van der Waals surface area (Å²) in [5, 5.41) is 32.8. The first kappa shape index (κ1) is 19.1. The molecular weight excluding hydrogens is 356 g/mol. The Morgan fingerprint density at radius 3 is 2.64 bits per heavy atom. The summed E-state index contributed by atoms with van der Waals surface area (Å²) in [6.45, 7) is 2.78. The average molecular weight is 391 g/mol. The Bertz CT molecular complexity index is 703. The van der Waals surface area contributed by atoms with E-state index < -0.39 is 5.60 Å². The molecule has 3 N–H and O–H groups in total. The summed E-state index contributed by atoms with van der Waals surface area (Å²) in [6.07, 6.45) is 9.47. The van der Waals surface area contributed by atoms with E-state index in [4.69, 9.17) is 4.74 Å². The average Bonchev–Trinajstić information content (AvgIpc) is 3.22. The van der Waals surface area contributed by atoms with E-state index in [1.54, 1.807) is 6.08 Å². The third-order valence-electron chi connectivity index (χ3n) is 9.95. The number of aliphatic hydroxyl groups excluding tert-OH is 2. The van der Waals surface area contributed by atoms with Crippen molar-refractivity contribution in [3.05, 3.63) is 11.6 Å². The summed E-state index contributed by atoms with van der Waals surface area (Å²) in [5.74, 6) is 0.866. The van der Waals surface area contributed by atoms with Gasteiger partial charge in [0, 0.05) is 18.1 Å². The number of carbonyl (C=O) groups excluding carboxylic acids is 1. The van der Waals surface area contributed by atoms with Crippen molar-refractivity contribution in [2.24, 2.45) is 34.5 Å². The van der Waals surface area contributed by atoms with E-state index in [0.29, 0.717) is 18.4 Å². The molecule has 156 valence electrons. The van der Waals surface area contributed by atoms with Crippen molar-refractivity contribution >= 4 is 5.97 Å². The first-order chi connectivity index (χ1) is 13.3. The zero-order valence-electron chi connectivity index (χ0n) is 16.9. The Labute approximate surface area is 167 Å². The van der Waals surface area contributed by atoms with Crippen LogP contribution in [0.4, 0.5) is 0 Å². The van der Waals surface area contributed by atoms with Gasteiger partial charge in [-0.15, -0.1) is 0 Å². The Balaban J connectivity index is 1.48. The van der Waals surface area contributed by atoms with Crippen LogP contribution < -0.4 is 0 Å². The lowest BCUT2D eigenvalue weighted by atomic mass is 9.43. The fraction of sp³-hybridized carbons (Fsp3) is 0.870. The van der Waals surface area contributed by atoms with Gasteiger partial charge in [-0.25, -0.2) is 4.79 Å². The molecule has 0 aromatic carbocycles. The normalized spacial score (nSPS) is 53.1. The smallest absolute Gasteiger partial charge is 0.331 e. The lowest BCUT2D eigenvalue weighted by molar-refractivity contribution is -0.219. The SMILES string of the molecule is C[C@]12CC[C@@H]3[C@H](CC[C@@H]4C[C@H](O)CC[C@@]43CO)[C@@]1(O)CC[C@@H]2C1=CC(=O)OC1. The molecule has 0 spiro atoms. The quantitative estimate of drug-likeness (QED) is 0.631. The fourth-order valence-corrected chi connectivity index (χ4v) is 8.49. The van der Waals surface area contributed by atoms with Gasteiger partial charge in [-0.3, -0.25) is 0 Å². The molecule has 8 atom stereocenters. The summed E-state index contributed by atoms with van der Waals surface area (Å²) in [7, 11) is 0. The molecule has 0 unspecified atom stereocenters. The highest BCUT2D eigenvalue weighted by Gasteiger charge is 2.68. The van der Waals surface area contributed by atoms with Crippen molar-refractivity contribution in [3.63, 3.8) is 0 Å². The van der Waals surface area contributed by atoms with E-state index in [1.165, 1.54) is 0 Å². The topological polar surface area (TPSA) is 87.0 Å². The summed E-state index contributed by atoms with van der Waals surface area (Å²) < 4.78 is 5.19. The molecule has 0 radical (unpaired) electrons. The molecule has 0 saturated heterocycles. The van der Waals surface area contributed by atoms with Gasteiger partial charge in [0.25, 0.3) is 0 Å². The van der Waals surface area contributed by atoms with Crippen LogP contribution in [0.3, 0.4) is 0 Å². The van der Waals surface area contributed by atoms with Crippen molar-refractivity contribution in [2.45, 2.75) is 76.4 Å². The van der Waals surface area contributed by atoms with Gasteiger partial charge in [0.05, 0.1) is 11.7 Å². The Morgan fingerprint density at radius 2 is 1.93 bits per heavy atom. The Morgan fingerprint density at radius 1 is 1.11 bits per heavy atom. The van der Waals surface area contributed by atoms with Crippen molar-refractivity contribution in [2.75, 3.05) is 13.2 Å². The van der Waals surface area contributed by atoms with Crippen LogP contribution in [0.1, 0.15) is 64.7 Å². The number of carbonyl (C=O) groups is 1. The van der Waals surface area contributed by atoms with E-state index in [9.17, 15) is 20.1 Å². The van der Waals surface area contributed by atoms with Crippen LogP contribution in [0.5, 0.6) is 0 Å². The van der Waals surface area contributed by atoms with Gasteiger partial charge in [-0.1, -0.05) is 6.92 Å². The molecule has 5 heteroatoms. The van der Waals surface area contributed by atoms with Crippen molar-refractivity contribution < 1.29 is 24.9 Å². The molecule has 0 amide bonds. The molecule has 0 aromatic heterocycles. The maximum absolute atomic E-state index is 12.1. The van der Waals surface area contributed by atoms with Crippen molar-refractivity contribution in [1.29, 1.82) is 0 Å². The van der Waals surface area contributed by atoms with Gasteiger partial charge < -0.3 is 20.1 Å². The van der Waals surface area contributed by atoms with E-state index in [2.05, 4.69) is 6.92 Å². The molecule has 5 rings (SSSR count). The molecule has 28 heavy (non-hydrogen) atoms. The number of aliphatic hydroxyl groups is 3. The van der Waals surface area contributed by atoms with Gasteiger partial charge in [-0.2, -0.15) is 0 Å². The van der Waals surface area contributed by atoms with Gasteiger partial charge in [0.2, 0.25) is 0 Å². The number of hydrogen-bond acceptors (Lipinski definition) is 5. The van der Waals surface area contributed by atoms with Crippen molar-refractivity contribution in [3.8, 4) is 0 Å². The molecule has 0 aromatic rings. The maximum Gasteiger partial charge on any atom is 0.331 e. The largest absolute Gasteiger partial charge is 0.458 e. The van der Waals surface area contributed by atoms with Gasteiger partial charge in [0.15, 0.2) is 0 Å². The van der Waals surface area contributed by atoms with Crippen LogP contribution in [0, 0.1) is 34.5 Å². The summed E-state index contributed by atoms with van der Waals surface area (Å²) in [5.41, 5.74) is -0.0431.